The fourth-order valence-corrected chi connectivity index (χ4v) is 3.53. The summed E-state index contributed by atoms with van der Waals surface area (Å²) in [5.41, 5.74) is 1.27. The van der Waals surface area contributed by atoms with Crippen molar-refractivity contribution < 1.29 is 29.0 Å². The summed E-state index contributed by atoms with van der Waals surface area (Å²) in [6.07, 6.45) is 1.30. The first-order valence-electron chi connectivity index (χ1n) is 10.7. The summed E-state index contributed by atoms with van der Waals surface area (Å²) >= 11 is 0. The molecule has 4 amide bonds. The molecule has 1 N–H and O–H groups in total. The van der Waals surface area contributed by atoms with E-state index in [0.717, 1.165) is 34.2 Å². The molecule has 1 fully saturated rings. The van der Waals surface area contributed by atoms with Crippen molar-refractivity contribution in [1.82, 2.24) is 5.32 Å². The predicted molar refractivity (Wildman–Crippen MR) is 131 cm³/mol. The molecule has 12 heteroatoms. The van der Waals surface area contributed by atoms with E-state index < -0.39 is 39.1 Å². The zero-order valence-electron chi connectivity index (χ0n) is 19.5. The number of rotatable bonds is 6. The molecule has 0 saturated carbocycles. The number of nitro groups is 2. The number of anilines is 1. The van der Waals surface area contributed by atoms with Gasteiger partial charge in [-0.05, 0) is 66.9 Å². The molecule has 12 nitrogen and oxygen atoms in total. The number of barbiturate groups is 1. The number of hydrogen-bond donors (Lipinski definition) is 1. The normalized spacial score (nSPS) is 14.5. The molecule has 3 aromatic rings. The molecular formula is C25H18N4O8. The van der Waals surface area contributed by atoms with Crippen molar-refractivity contribution in [2.45, 2.75) is 13.8 Å². The van der Waals surface area contributed by atoms with Crippen molar-refractivity contribution >= 4 is 41.0 Å². The van der Waals surface area contributed by atoms with E-state index in [9.17, 15) is 34.6 Å². The second kappa shape index (κ2) is 9.70. The summed E-state index contributed by atoms with van der Waals surface area (Å²) in [6.45, 7) is 3.72. The van der Waals surface area contributed by atoms with Gasteiger partial charge >= 0.3 is 11.7 Å². The lowest BCUT2D eigenvalue weighted by molar-refractivity contribution is -0.394. The Balaban J connectivity index is 1.59. The number of carbonyl (C=O) groups is 3. The van der Waals surface area contributed by atoms with Gasteiger partial charge in [-0.25, -0.2) is 9.69 Å². The number of nitrogens with one attached hydrogen (secondary N) is 1. The fourth-order valence-electron chi connectivity index (χ4n) is 3.53. The van der Waals surface area contributed by atoms with Crippen LogP contribution in [0.25, 0.3) is 6.08 Å². The zero-order chi connectivity index (χ0) is 26.9. The monoisotopic (exact) mass is 502 g/mol. The van der Waals surface area contributed by atoms with Crippen molar-refractivity contribution in [3.05, 3.63) is 103 Å². The Labute approximate surface area is 209 Å². The average molecular weight is 502 g/mol. The maximum absolute atomic E-state index is 13.1. The van der Waals surface area contributed by atoms with Crippen LogP contribution in [0.4, 0.5) is 21.9 Å². The Morgan fingerprint density at radius 1 is 0.865 bits per heavy atom. The van der Waals surface area contributed by atoms with Crippen LogP contribution in [0.1, 0.15) is 16.7 Å². The number of nitrogens with zero attached hydrogens (tertiary/aromatic N) is 3. The molecule has 1 aliphatic heterocycles. The molecule has 0 aliphatic carbocycles. The number of non-ortho nitro benzene ring substituents is 1. The number of amides is 4. The van der Waals surface area contributed by atoms with Gasteiger partial charge < -0.3 is 4.74 Å². The number of imide groups is 2. The maximum atomic E-state index is 13.1. The summed E-state index contributed by atoms with van der Waals surface area (Å²) in [4.78, 5) is 59.4. The van der Waals surface area contributed by atoms with E-state index in [0.29, 0.717) is 11.3 Å². The van der Waals surface area contributed by atoms with Crippen LogP contribution in [0.3, 0.4) is 0 Å². The summed E-state index contributed by atoms with van der Waals surface area (Å²) in [5.74, 6) is -1.67. The van der Waals surface area contributed by atoms with Crippen LogP contribution >= 0.6 is 0 Å². The van der Waals surface area contributed by atoms with E-state index in [4.69, 9.17) is 4.74 Å². The topological polar surface area (TPSA) is 162 Å². The Kier molecular flexibility index (Phi) is 6.48. The van der Waals surface area contributed by atoms with E-state index >= 15 is 0 Å². The van der Waals surface area contributed by atoms with Gasteiger partial charge in [0.25, 0.3) is 17.5 Å². The molecule has 0 atom stereocenters. The van der Waals surface area contributed by atoms with Gasteiger partial charge in [-0.3, -0.25) is 35.1 Å². The highest BCUT2D eigenvalue weighted by Gasteiger charge is 2.36. The minimum absolute atomic E-state index is 0.172. The molecule has 1 heterocycles. The van der Waals surface area contributed by atoms with E-state index in [-0.39, 0.29) is 17.1 Å². The summed E-state index contributed by atoms with van der Waals surface area (Å²) < 4.78 is 5.52. The standard InChI is InChI=1S/C25H18N4O8/c1-14-3-6-17(11-15(14)2)27-24(31)20(23(30)26-25(27)32)12-16-4-8-19(9-5-16)37-22-10-7-18(28(33)34)13-21(22)29(35)36/h3-13H,1-2H3,(H,26,30,32)/b20-12+. The Hall–Kier alpha value is -5.39. The third kappa shape index (κ3) is 5.03. The van der Waals surface area contributed by atoms with E-state index in [1.165, 1.54) is 30.3 Å². The van der Waals surface area contributed by atoms with Crippen molar-refractivity contribution in [3.8, 4) is 11.5 Å². The molecule has 0 aromatic heterocycles. The minimum atomic E-state index is -0.858. The van der Waals surface area contributed by atoms with E-state index in [1.807, 2.05) is 13.8 Å². The molecule has 1 saturated heterocycles. The second-order valence-corrected chi connectivity index (χ2v) is 8.06. The maximum Gasteiger partial charge on any atom is 0.335 e. The second-order valence-electron chi connectivity index (χ2n) is 8.06. The van der Waals surface area contributed by atoms with Gasteiger partial charge in [-0.15, -0.1) is 0 Å². The van der Waals surface area contributed by atoms with Gasteiger partial charge in [-0.1, -0.05) is 18.2 Å². The average Bonchev–Trinajstić information content (AvgIpc) is 2.84. The van der Waals surface area contributed by atoms with Gasteiger partial charge in [0.15, 0.2) is 0 Å². The molecular weight excluding hydrogens is 484 g/mol. The first kappa shape index (κ1) is 24.7. The van der Waals surface area contributed by atoms with Gasteiger partial charge in [0.1, 0.15) is 11.3 Å². The van der Waals surface area contributed by atoms with Crippen LogP contribution in [-0.4, -0.2) is 27.7 Å². The zero-order valence-corrected chi connectivity index (χ0v) is 19.5. The number of benzene rings is 3. The minimum Gasteiger partial charge on any atom is -0.450 e. The molecule has 1 aliphatic rings. The van der Waals surface area contributed by atoms with E-state index in [1.54, 1.807) is 18.2 Å². The van der Waals surface area contributed by atoms with Gasteiger partial charge in [0.2, 0.25) is 5.75 Å². The highest BCUT2D eigenvalue weighted by Crippen LogP contribution is 2.34. The first-order chi connectivity index (χ1) is 17.5. The van der Waals surface area contributed by atoms with Crippen LogP contribution < -0.4 is 15.0 Å². The fraction of sp³-hybridized carbons (Fsp3) is 0.0800. The SMILES string of the molecule is Cc1ccc(N2C(=O)NC(=O)/C(=C\c3ccc(Oc4ccc([N+](=O)[O-])cc4[N+](=O)[O-])cc3)C2=O)cc1C. The van der Waals surface area contributed by atoms with Gasteiger partial charge in [0, 0.05) is 6.07 Å². The third-order valence-electron chi connectivity index (χ3n) is 5.62. The summed E-state index contributed by atoms with van der Waals surface area (Å²) in [5, 5.41) is 24.4. The Morgan fingerprint density at radius 2 is 1.57 bits per heavy atom. The molecule has 186 valence electrons. The van der Waals surface area contributed by atoms with Crippen LogP contribution in [0.2, 0.25) is 0 Å². The number of ether oxygens (including phenoxy) is 1. The summed E-state index contributed by atoms with van der Waals surface area (Å²) in [7, 11) is 0. The van der Waals surface area contributed by atoms with Crippen LogP contribution in [-0.2, 0) is 9.59 Å². The molecule has 0 spiro atoms. The van der Waals surface area contributed by atoms with Gasteiger partial charge in [0.05, 0.1) is 21.6 Å². The van der Waals surface area contributed by atoms with Crippen molar-refractivity contribution in [2.75, 3.05) is 4.90 Å². The lowest BCUT2D eigenvalue weighted by Gasteiger charge is -2.26. The quantitative estimate of drug-likeness (QED) is 0.222. The summed E-state index contributed by atoms with van der Waals surface area (Å²) in [6, 6.07) is 13.1. The molecule has 4 rings (SSSR count). The highest BCUT2D eigenvalue weighted by atomic mass is 16.6. The molecule has 0 bridgehead atoms. The molecule has 37 heavy (non-hydrogen) atoms. The molecule has 3 aromatic carbocycles. The molecule has 0 radical (unpaired) electrons. The van der Waals surface area contributed by atoms with E-state index in [2.05, 4.69) is 5.32 Å². The Bertz CT molecular complexity index is 1510. The lowest BCUT2D eigenvalue weighted by Crippen LogP contribution is -2.54. The van der Waals surface area contributed by atoms with Crippen LogP contribution in [0.15, 0.2) is 66.2 Å². The number of aryl methyl sites for hydroxylation is 2. The van der Waals surface area contributed by atoms with Crippen LogP contribution in [0.5, 0.6) is 11.5 Å². The largest absolute Gasteiger partial charge is 0.450 e. The van der Waals surface area contributed by atoms with Gasteiger partial charge in [-0.2, -0.15) is 0 Å². The van der Waals surface area contributed by atoms with Crippen molar-refractivity contribution in [3.63, 3.8) is 0 Å². The highest BCUT2D eigenvalue weighted by molar-refractivity contribution is 6.39. The number of carbonyl (C=O) groups excluding carboxylic acids is 3. The number of urea groups is 1. The lowest BCUT2D eigenvalue weighted by atomic mass is 10.1. The third-order valence-corrected chi connectivity index (χ3v) is 5.62. The van der Waals surface area contributed by atoms with Crippen molar-refractivity contribution in [1.29, 1.82) is 0 Å². The van der Waals surface area contributed by atoms with Crippen molar-refractivity contribution in [2.24, 2.45) is 0 Å². The Morgan fingerprint density at radius 3 is 2.19 bits per heavy atom. The predicted octanol–water partition coefficient (Wildman–Crippen LogP) is 4.58. The van der Waals surface area contributed by atoms with Crippen LogP contribution in [0, 0.1) is 34.1 Å². The molecule has 0 unspecified atom stereocenters. The number of nitro benzene ring substituents is 2. The number of hydrogen-bond acceptors (Lipinski definition) is 8. The smallest absolute Gasteiger partial charge is 0.335 e. The first-order valence-corrected chi connectivity index (χ1v) is 10.7.